The number of nitrogens with zero attached hydrogens (tertiary/aromatic N) is 1. The van der Waals surface area contributed by atoms with Crippen LogP contribution in [0.25, 0.3) is 0 Å². The van der Waals surface area contributed by atoms with Crippen LogP contribution in [-0.2, 0) is 9.53 Å². The maximum atomic E-state index is 12.9. The van der Waals surface area contributed by atoms with Crippen molar-refractivity contribution in [2.45, 2.75) is 76.7 Å². The third-order valence-corrected chi connectivity index (χ3v) is 5.11. The van der Waals surface area contributed by atoms with Crippen molar-refractivity contribution in [1.29, 1.82) is 5.26 Å². The van der Waals surface area contributed by atoms with Gasteiger partial charge in [0.15, 0.2) is 0 Å². The van der Waals surface area contributed by atoms with Crippen molar-refractivity contribution in [2.75, 3.05) is 6.61 Å². The van der Waals surface area contributed by atoms with Crippen LogP contribution < -0.4 is 0 Å². The number of Topliss-reactive ketones (excluding diaryl/α,β-unsaturated/α-hetero) is 1. The van der Waals surface area contributed by atoms with E-state index in [-0.39, 0.29) is 12.0 Å². The van der Waals surface area contributed by atoms with E-state index in [1.54, 1.807) is 0 Å². The summed E-state index contributed by atoms with van der Waals surface area (Å²) in [5.41, 5.74) is 1.06. The molecule has 0 aromatic heterocycles. The van der Waals surface area contributed by atoms with Gasteiger partial charge in [-0.1, -0.05) is 75.3 Å². The van der Waals surface area contributed by atoms with Crippen LogP contribution in [0.2, 0.25) is 0 Å². The van der Waals surface area contributed by atoms with E-state index >= 15 is 0 Å². The summed E-state index contributed by atoms with van der Waals surface area (Å²) < 4.78 is 6.06. The molecule has 0 N–H and O–H groups in total. The van der Waals surface area contributed by atoms with E-state index in [0.717, 1.165) is 31.2 Å². The van der Waals surface area contributed by atoms with Gasteiger partial charge in [-0.2, -0.15) is 5.26 Å². The Hall–Kier alpha value is -1.66. The fourth-order valence-electron chi connectivity index (χ4n) is 3.71. The molecule has 1 saturated carbocycles. The van der Waals surface area contributed by atoms with Crippen molar-refractivity contribution in [3.63, 3.8) is 0 Å². The molecule has 1 fully saturated rings. The summed E-state index contributed by atoms with van der Waals surface area (Å²) >= 11 is 0. The molecular weight excluding hydrogens is 310 g/mol. The molecule has 1 aliphatic carbocycles. The van der Waals surface area contributed by atoms with E-state index < -0.39 is 0 Å². The van der Waals surface area contributed by atoms with Crippen LogP contribution >= 0.6 is 0 Å². The van der Waals surface area contributed by atoms with Gasteiger partial charge in [0, 0.05) is 12.3 Å². The molecule has 1 aliphatic rings. The lowest BCUT2D eigenvalue weighted by Gasteiger charge is -2.27. The second-order valence-corrected chi connectivity index (χ2v) is 7.05. The molecule has 0 radical (unpaired) electrons. The van der Waals surface area contributed by atoms with Gasteiger partial charge < -0.3 is 4.74 Å². The maximum absolute atomic E-state index is 12.9. The molecule has 3 heteroatoms. The number of benzene rings is 1. The number of ether oxygens (including phenoxy) is 1. The zero-order valence-corrected chi connectivity index (χ0v) is 15.3. The van der Waals surface area contributed by atoms with Crippen LogP contribution in [0, 0.1) is 17.2 Å². The van der Waals surface area contributed by atoms with Crippen molar-refractivity contribution in [3.05, 3.63) is 35.9 Å². The zero-order valence-electron chi connectivity index (χ0n) is 15.3. The second kappa shape index (κ2) is 11.8. The Balaban J connectivity index is 2.13. The smallest absolute Gasteiger partial charge is 0.138 e. The first kappa shape index (κ1) is 19.7. The summed E-state index contributed by atoms with van der Waals surface area (Å²) in [6.07, 6.45) is 11.3. The Kier molecular flexibility index (Phi) is 9.29. The van der Waals surface area contributed by atoms with Gasteiger partial charge in [0.1, 0.15) is 5.78 Å². The van der Waals surface area contributed by atoms with Gasteiger partial charge in [0.25, 0.3) is 0 Å². The minimum absolute atomic E-state index is 0.0829. The van der Waals surface area contributed by atoms with E-state index in [1.165, 1.54) is 32.1 Å². The Labute approximate surface area is 152 Å². The van der Waals surface area contributed by atoms with Gasteiger partial charge in [-0.05, 0) is 18.4 Å². The number of ketones is 1. The van der Waals surface area contributed by atoms with Gasteiger partial charge in [-0.3, -0.25) is 4.79 Å². The zero-order chi connectivity index (χ0) is 17.7. The summed E-state index contributed by atoms with van der Waals surface area (Å²) in [5, 5.41) is 8.82. The standard InChI is InChI=1S/C22H31NO2/c23-17-12-18-25-22(19-13-8-7-9-14-19)20-15-10-5-3-1-2-4-6-11-16-21(20)24/h7-9,13-14,20,22H,1-6,10-12,15-16,18H2. The van der Waals surface area contributed by atoms with E-state index in [4.69, 9.17) is 10.00 Å². The van der Waals surface area contributed by atoms with Crippen molar-refractivity contribution in [3.8, 4) is 6.07 Å². The predicted octanol–water partition coefficient (Wildman–Crippen LogP) is 5.76. The van der Waals surface area contributed by atoms with Gasteiger partial charge in [0.2, 0.25) is 0 Å². The van der Waals surface area contributed by atoms with Crippen LogP contribution in [0.1, 0.15) is 82.3 Å². The molecule has 0 aliphatic heterocycles. The summed E-state index contributed by atoms with van der Waals surface area (Å²) in [4.78, 5) is 12.9. The highest BCUT2D eigenvalue weighted by Gasteiger charge is 2.29. The molecule has 3 nitrogen and oxygen atoms in total. The van der Waals surface area contributed by atoms with Crippen LogP contribution in [0.4, 0.5) is 0 Å². The molecule has 136 valence electrons. The van der Waals surface area contributed by atoms with Crippen molar-refractivity contribution in [2.24, 2.45) is 5.92 Å². The van der Waals surface area contributed by atoms with Crippen molar-refractivity contribution in [1.82, 2.24) is 0 Å². The molecule has 0 bridgehead atoms. The molecule has 1 aromatic rings. The van der Waals surface area contributed by atoms with Gasteiger partial charge in [-0.25, -0.2) is 0 Å². The molecule has 2 rings (SSSR count). The average molecular weight is 341 g/mol. The highest BCUT2D eigenvalue weighted by molar-refractivity contribution is 5.81. The third kappa shape index (κ3) is 7.00. The van der Waals surface area contributed by atoms with Gasteiger partial charge in [0.05, 0.1) is 25.2 Å². The molecular formula is C22H31NO2. The van der Waals surface area contributed by atoms with Crippen LogP contribution in [0.3, 0.4) is 0 Å². The number of carbonyl (C=O) groups is 1. The molecule has 0 amide bonds. The topological polar surface area (TPSA) is 50.1 Å². The highest BCUT2D eigenvalue weighted by atomic mass is 16.5. The van der Waals surface area contributed by atoms with E-state index in [9.17, 15) is 4.79 Å². The van der Waals surface area contributed by atoms with Crippen LogP contribution in [0.15, 0.2) is 30.3 Å². The molecule has 1 aromatic carbocycles. The quantitative estimate of drug-likeness (QED) is 0.640. The summed E-state index contributed by atoms with van der Waals surface area (Å²) in [6, 6.07) is 12.2. The lowest BCUT2D eigenvalue weighted by Crippen LogP contribution is -2.25. The molecule has 0 heterocycles. The normalized spacial score (nSPS) is 21.6. The Bertz CT molecular complexity index is 535. The minimum atomic E-state index is -0.218. The highest BCUT2D eigenvalue weighted by Crippen LogP contribution is 2.33. The Morgan fingerprint density at radius 3 is 2.32 bits per heavy atom. The fraction of sp³-hybridized carbons (Fsp3) is 0.636. The van der Waals surface area contributed by atoms with E-state index in [0.29, 0.717) is 25.2 Å². The van der Waals surface area contributed by atoms with Gasteiger partial charge in [-0.15, -0.1) is 0 Å². The first-order valence-electron chi connectivity index (χ1n) is 9.89. The van der Waals surface area contributed by atoms with Crippen LogP contribution in [0.5, 0.6) is 0 Å². The number of carbonyl (C=O) groups excluding carboxylic acids is 1. The maximum Gasteiger partial charge on any atom is 0.138 e. The molecule has 2 unspecified atom stereocenters. The largest absolute Gasteiger partial charge is 0.372 e. The SMILES string of the molecule is N#CCCOC(c1ccccc1)C1CCCCCCCCCCC1=O. The van der Waals surface area contributed by atoms with E-state index in [2.05, 4.69) is 6.07 Å². The summed E-state index contributed by atoms with van der Waals surface area (Å²) in [7, 11) is 0. The average Bonchev–Trinajstić information content (AvgIpc) is 2.63. The predicted molar refractivity (Wildman–Crippen MR) is 100 cm³/mol. The molecule has 25 heavy (non-hydrogen) atoms. The fourth-order valence-corrected chi connectivity index (χ4v) is 3.71. The number of hydrogen-bond acceptors (Lipinski definition) is 3. The molecule has 0 saturated heterocycles. The Morgan fingerprint density at radius 2 is 1.64 bits per heavy atom. The molecule has 0 spiro atoms. The minimum Gasteiger partial charge on any atom is -0.372 e. The number of nitriles is 1. The monoisotopic (exact) mass is 341 g/mol. The third-order valence-electron chi connectivity index (χ3n) is 5.11. The number of hydrogen-bond donors (Lipinski definition) is 0. The lowest BCUT2D eigenvalue weighted by atomic mass is 9.84. The first-order chi connectivity index (χ1) is 12.3. The second-order valence-electron chi connectivity index (χ2n) is 7.05. The van der Waals surface area contributed by atoms with Gasteiger partial charge >= 0.3 is 0 Å². The first-order valence-corrected chi connectivity index (χ1v) is 9.89. The molecule has 2 atom stereocenters. The number of rotatable bonds is 5. The van der Waals surface area contributed by atoms with Crippen LogP contribution in [-0.4, -0.2) is 12.4 Å². The van der Waals surface area contributed by atoms with Crippen molar-refractivity contribution >= 4 is 5.78 Å². The summed E-state index contributed by atoms with van der Waals surface area (Å²) in [5.74, 6) is 0.256. The van der Waals surface area contributed by atoms with Crippen molar-refractivity contribution < 1.29 is 9.53 Å². The Morgan fingerprint density at radius 1 is 1.00 bits per heavy atom. The van der Waals surface area contributed by atoms with E-state index in [1.807, 2.05) is 30.3 Å². The summed E-state index contributed by atoms with van der Waals surface area (Å²) in [6.45, 7) is 0.389. The lowest BCUT2D eigenvalue weighted by molar-refractivity contribution is -0.129.